The molecule has 2 aromatic carbocycles. The highest BCUT2D eigenvalue weighted by molar-refractivity contribution is 5.79. The summed E-state index contributed by atoms with van der Waals surface area (Å²) in [5, 5.41) is 0. The minimum absolute atomic E-state index is 0.0757. The van der Waals surface area contributed by atoms with Crippen LogP contribution in [0.3, 0.4) is 0 Å². The van der Waals surface area contributed by atoms with Gasteiger partial charge in [-0.25, -0.2) is 0 Å². The third-order valence-electron chi connectivity index (χ3n) is 13.7. The fourth-order valence-electron chi connectivity index (χ4n) is 10.4. The first-order valence-electron chi connectivity index (χ1n) is 20.1. The average Bonchev–Trinajstić information content (AvgIpc) is 3.07. The fraction of sp³-hybridized carbons (Fsp3) is 0.578. The van der Waals surface area contributed by atoms with Crippen molar-refractivity contribution < 1.29 is 0 Å². The molecule has 0 unspecified atom stereocenters. The van der Waals surface area contributed by atoms with Gasteiger partial charge in [0.2, 0.25) is 0 Å². The Balaban J connectivity index is 0.819. The van der Waals surface area contributed by atoms with Crippen molar-refractivity contribution in [1.82, 2.24) is 19.7 Å². The van der Waals surface area contributed by atoms with E-state index in [-0.39, 0.29) is 5.56 Å². The lowest BCUT2D eigenvalue weighted by Crippen LogP contribution is -2.49. The third kappa shape index (κ3) is 6.89. The Kier molecular flexibility index (Phi) is 9.58. The molecule has 4 heterocycles. The van der Waals surface area contributed by atoms with Crippen LogP contribution in [0.15, 0.2) is 47.0 Å². The number of aromatic amines is 1. The van der Waals surface area contributed by atoms with E-state index in [1.165, 1.54) is 129 Å². The molecule has 3 saturated heterocycles. The topological polar surface area (TPSA) is 42.6 Å². The minimum Gasteiger partial charge on any atom is -0.375 e. The number of fused-ring (bicyclic) bond motifs is 1. The molecule has 50 heavy (non-hydrogen) atoms. The summed E-state index contributed by atoms with van der Waals surface area (Å²) >= 11 is 0. The molecule has 5 aliphatic rings. The van der Waals surface area contributed by atoms with E-state index in [0.29, 0.717) is 5.41 Å². The normalized spacial score (nSPS) is 21.5. The lowest BCUT2D eigenvalue weighted by Gasteiger charge is -2.53. The number of H-pyrrole nitrogens is 1. The molecule has 1 N–H and O–H groups in total. The Bertz CT molecular complexity index is 1770. The van der Waals surface area contributed by atoms with E-state index in [0.717, 1.165) is 61.9 Å². The monoisotopic (exact) mass is 672 g/mol. The van der Waals surface area contributed by atoms with Crippen molar-refractivity contribution in [3.8, 4) is 11.1 Å². The molecule has 0 atom stereocenters. The van der Waals surface area contributed by atoms with Crippen LogP contribution in [0.5, 0.6) is 0 Å². The number of aryl methyl sites for hydroxylation is 4. The van der Waals surface area contributed by atoms with Gasteiger partial charge >= 0.3 is 0 Å². The minimum atomic E-state index is 0.0757. The highest BCUT2D eigenvalue weighted by Gasteiger charge is 2.45. The van der Waals surface area contributed by atoms with E-state index in [4.69, 9.17) is 0 Å². The zero-order valence-corrected chi connectivity index (χ0v) is 31.4. The maximum atomic E-state index is 12.8. The van der Waals surface area contributed by atoms with Crippen molar-refractivity contribution in [2.24, 2.45) is 17.3 Å². The van der Waals surface area contributed by atoms with Crippen LogP contribution < -0.4 is 5.56 Å². The highest BCUT2D eigenvalue weighted by Crippen LogP contribution is 2.53. The SMILES string of the molecule is CCc1ccc(CC2CC3(CCN(CC4CCN(Cc5c(C)cc(-c6c[nH]c(=O)c7c6C=C(N6CCC6)CC7)cc5C)CC4)CC3)C2)cc1C. The Labute approximate surface area is 301 Å². The Morgan fingerprint density at radius 2 is 1.58 bits per heavy atom. The van der Waals surface area contributed by atoms with Gasteiger partial charge in [-0.3, -0.25) is 9.69 Å². The van der Waals surface area contributed by atoms with Crippen molar-refractivity contribution in [1.29, 1.82) is 0 Å². The van der Waals surface area contributed by atoms with Gasteiger partial charge in [0, 0.05) is 49.2 Å². The number of aromatic nitrogens is 1. The average molecular weight is 673 g/mol. The molecular weight excluding hydrogens is 613 g/mol. The van der Waals surface area contributed by atoms with Gasteiger partial charge in [-0.2, -0.15) is 0 Å². The first-order valence-corrected chi connectivity index (χ1v) is 20.1. The lowest BCUT2D eigenvalue weighted by molar-refractivity contribution is -0.0184. The summed E-state index contributed by atoms with van der Waals surface area (Å²) < 4.78 is 0. The van der Waals surface area contributed by atoms with Crippen molar-refractivity contribution in [3.05, 3.63) is 97.1 Å². The predicted molar refractivity (Wildman–Crippen MR) is 208 cm³/mol. The van der Waals surface area contributed by atoms with E-state index >= 15 is 0 Å². The Morgan fingerprint density at radius 3 is 2.24 bits per heavy atom. The van der Waals surface area contributed by atoms with Crippen LogP contribution >= 0.6 is 0 Å². The molecule has 1 saturated carbocycles. The Hall–Kier alpha value is -3.15. The number of piperidine rings is 2. The number of pyridine rings is 1. The quantitative estimate of drug-likeness (QED) is 0.248. The van der Waals surface area contributed by atoms with Gasteiger partial charge in [-0.05, 0) is 185 Å². The molecule has 0 amide bonds. The van der Waals surface area contributed by atoms with E-state index in [1.807, 2.05) is 6.20 Å². The van der Waals surface area contributed by atoms with Crippen LogP contribution in [0, 0.1) is 38.0 Å². The van der Waals surface area contributed by atoms with Crippen LogP contribution in [0.1, 0.15) is 103 Å². The molecular formula is C45H60N4O. The van der Waals surface area contributed by atoms with Gasteiger partial charge in [0.05, 0.1) is 0 Å². The van der Waals surface area contributed by atoms with Crippen molar-refractivity contribution in [2.75, 3.05) is 45.8 Å². The molecule has 2 aliphatic carbocycles. The lowest BCUT2D eigenvalue weighted by atomic mass is 9.56. The van der Waals surface area contributed by atoms with Gasteiger partial charge in [0.15, 0.2) is 0 Å². The second kappa shape index (κ2) is 14.1. The number of hydrogen-bond acceptors (Lipinski definition) is 4. The van der Waals surface area contributed by atoms with Crippen LogP contribution in [0.25, 0.3) is 17.2 Å². The van der Waals surface area contributed by atoms with Crippen molar-refractivity contribution >= 4 is 6.08 Å². The predicted octanol–water partition coefficient (Wildman–Crippen LogP) is 8.47. The standard InChI is InChI=1S/C45H60N4O/c1-5-37-8-7-35(21-31(37)2)24-36-26-45(27-36)13-19-48(20-14-45)29-34-11-17-47(18-12-34)30-43-32(3)22-38(23-33(43)4)42-28-46-44(50)40-10-9-39(25-41(40)42)49-15-6-16-49/h7-8,21-23,25,28,34,36H,5-6,9-20,24,26-27,29-30H2,1-4H3,(H,46,50). The smallest absolute Gasteiger partial charge is 0.251 e. The van der Waals surface area contributed by atoms with E-state index in [2.05, 4.69) is 83.8 Å². The molecule has 5 nitrogen and oxygen atoms in total. The summed E-state index contributed by atoms with van der Waals surface area (Å²) in [4.78, 5) is 23.8. The van der Waals surface area contributed by atoms with Crippen LogP contribution in [0.4, 0.5) is 0 Å². The van der Waals surface area contributed by atoms with Gasteiger partial charge in [-0.15, -0.1) is 0 Å². The van der Waals surface area contributed by atoms with Crippen molar-refractivity contribution in [2.45, 2.75) is 105 Å². The molecule has 3 aliphatic heterocycles. The molecule has 0 bridgehead atoms. The van der Waals surface area contributed by atoms with E-state index in [1.54, 1.807) is 5.56 Å². The third-order valence-corrected chi connectivity index (χ3v) is 13.7. The zero-order chi connectivity index (χ0) is 34.4. The first-order chi connectivity index (χ1) is 24.3. The summed E-state index contributed by atoms with van der Waals surface area (Å²) in [6.07, 6.45) is 18.2. The van der Waals surface area contributed by atoms with E-state index < -0.39 is 0 Å². The maximum Gasteiger partial charge on any atom is 0.251 e. The molecule has 1 spiro atoms. The summed E-state index contributed by atoms with van der Waals surface area (Å²) in [5.41, 5.74) is 15.4. The maximum absolute atomic E-state index is 12.8. The molecule has 5 heteroatoms. The molecule has 3 aromatic rings. The molecule has 0 radical (unpaired) electrons. The van der Waals surface area contributed by atoms with Gasteiger partial charge in [0.25, 0.3) is 5.56 Å². The first kappa shape index (κ1) is 34.0. The van der Waals surface area contributed by atoms with Crippen molar-refractivity contribution in [3.63, 3.8) is 0 Å². The number of hydrogen-bond donors (Lipinski definition) is 1. The van der Waals surface area contributed by atoms with Crippen LogP contribution in [0.2, 0.25) is 0 Å². The van der Waals surface area contributed by atoms with Gasteiger partial charge in [0.1, 0.15) is 0 Å². The van der Waals surface area contributed by atoms with E-state index in [9.17, 15) is 4.79 Å². The molecule has 4 fully saturated rings. The number of nitrogens with one attached hydrogen (secondary N) is 1. The highest BCUT2D eigenvalue weighted by atomic mass is 16.1. The summed E-state index contributed by atoms with van der Waals surface area (Å²) in [6.45, 7) is 18.8. The van der Waals surface area contributed by atoms with Crippen LogP contribution in [-0.2, 0) is 25.8 Å². The molecule has 1 aromatic heterocycles. The molecule has 8 rings (SSSR count). The van der Waals surface area contributed by atoms with Crippen LogP contribution in [-0.4, -0.2) is 65.5 Å². The largest absolute Gasteiger partial charge is 0.375 e. The number of rotatable bonds is 9. The number of allylic oxidation sites excluding steroid dienone is 1. The number of benzene rings is 2. The fourth-order valence-corrected chi connectivity index (χ4v) is 10.4. The Morgan fingerprint density at radius 1 is 0.840 bits per heavy atom. The second-order valence-corrected chi connectivity index (χ2v) is 17.1. The summed E-state index contributed by atoms with van der Waals surface area (Å²) in [7, 11) is 0. The second-order valence-electron chi connectivity index (χ2n) is 17.1. The zero-order valence-electron chi connectivity index (χ0n) is 31.4. The summed E-state index contributed by atoms with van der Waals surface area (Å²) in [6, 6.07) is 12.0. The number of nitrogens with zero attached hydrogens (tertiary/aromatic N) is 3. The molecule has 266 valence electrons. The summed E-state index contributed by atoms with van der Waals surface area (Å²) in [5.74, 6) is 1.74. The van der Waals surface area contributed by atoms with Gasteiger partial charge in [-0.1, -0.05) is 37.3 Å². The number of likely N-dealkylation sites (tertiary alicyclic amines) is 3. The van der Waals surface area contributed by atoms with Gasteiger partial charge < -0.3 is 14.8 Å².